The maximum absolute atomic E-state index is 12.5. The van der Waals surface area contributed by atoms with Gasteiger partial charge < -0.3 is 9.80 Å². The third-order valence-electron chi connectivity index (χ3n) is 4.76. The van der Waals surface area contributed by atoms with Crippen molar-refractivity contribution in [1.82, 2.24) is 24.6 Å². The van der Waals surface area contributed by atoms with Crippen LogP contribution in [0.15, 0.2) is 24.3 Å². The number of nitrogens with zero attached hydrogens (tertiary/aromatic N) is 4. The van der Waals surface area contributed by atoms with E-state index in [2.05, 4.69) is 41.1 Å². The molecule has 134 valence electrons. The highest BCUT2D eigenvalue weighted by atomic mass is 32.1. The van der Waals surface area contributed by atoms with E-state index in [-0.39, 0.29) is 5.91 Å². The number of piperazine rings is 1. The van der Waals surface area contributed by atoms with Gasteiger partial charge in [-0.3, -0.25) is 14.5 Å². The third kappa shape index (κ3) is 4.16. The molecular weight excluding hydrogens is 334 g/mol. The summed E-state index contributed by atoms with van der Waals surface area (Å²) >= 11 is 5.36. The standard InChI is InChI=1S/C18H25N5OS/c1-3-21-9-11-22(12-10-21)16(24)7-8-23-17(19-20-18(23)25)15-6-4-5-14(2)13-15/h4-6,13H,3,7-12H2,1-2H3,(H,20,25). The second-order valence-electron chi connectivity index (χ2n) is 6.44. The Labute approximate surface area is 153 Å². The summed E-state index contributed by atoms with van der Waals surface area (Å²) in [6.45, 7) is 9.35. The van der Waals surface area contributed by atoms with Gasteiger partial charge in [-0.15, -0.1) is 0 Å². The largest absolute Gasteiger partial charge is 0.340 e. The molecule has 1 N–H and O–H groups in total. The second kappa shape index (κ2) is 7.93. The van der Waals surface area contributed by atoms with E-state index < -0.39 is 0 Å². The molecule has 1 amide bonds. The number of amides is 1. The summed E-state index contributed by atoms with van der Waals surface area (Å²) in [4.78, 5) is 16.9. The Balaban J connectivity index is 1.67. The number of rotatable bonds is 5. The first kappa shape index (κ1) is 17.8. The van der Waals surface area contributed by atoms with Crippen LogP contribution in [0.1, 0.15) is 18.9 Å². The van der Waals surface area contributed by atoms with Gasteiger partial charge in [-0.1, -0.05) is 30.7 Å². The number of hydrogen-bond acceptors (Lipinski definition) is 4. The third-order valence-corrected chi connectivity index (χ3v) is 5.07. The number of likely N-dealkylation sites (N-methyl/N-ethyl adjacent to an activating group) is 1. The molecule has 1 aliphatic heterocycles. The SMILES string of the molecule is CCN1CCN(C(=O)CCn2c(-c3cccc(C)c3)n[nH]c2=S)CC1. The van der Waals surface area contributed by atoms with E-state index in [4.69, 9.17) is 12.2 Å². The molecule has 0 unspecified atom stereocenters. The monoisotopic (exact) mass is 359 g/mol. The molecule has 0 bridgehead atoms. The van der Waals surface area contributed by atoms with Crippen LogP contribution in [-0.2, 0) is 11.3 Å². The number of aromatic nitrogens is 3. The quantitative estimate of drug-likeness (QED) is 0.833. The van der Waals surface area contributed by atoms with Crippen molar-refractivity contribution in [3.63, 3.8) is 0 Å². The Hall–Kier alpha value is -1.99. The Morgan fingerprint density at radius 1 is 1.28 bits per heavy atom. The van der Waals surface area contributed by atoms with E-state index in [1.165, 1.54) is 5.56 Å². The molecule has 1 aromatic carbocycles. The molecule has 3 rings (SSSR count). The predicted molar refractivity (Wildman–Crippen MR) is 101 cm³/mol. The summed E-state index contributed by atoms with van der Waals surface area (Å²) in [5, 5.41) is 7.21. The zero-order valence-corrected chi connectivity index (χ0v) is 15.7. The van der Waals surface area contributed by atoms with Gasteiger partial charge in [0.25, 0.3) is 0 Å². The maximum atomic E-state index is 12.5. The van der Waals surface area contributed by atoms with E-state index >= 15 is 0 Å². The summed E-state index contributed by atoms with van der Waals surface area (Å²) in [5.41, 5.74) is 2.18. The molecule has 1 fully saturated rings. The zero-order valence-electron chi connectivity index (χ0n) is 14.9. The van der Waals surface area contributed by atoms with E-state index in [0.29, 0.717) is 17.7 Å². The summed E-state index contributed by atoms with van der Waals surface area (Å²) < 4.78 is 2.48. The highest BCUT2D eigenvalue weighted by molar-refractivity contribution is 7.71. The Morgan fingerprint density at radius 3 is 2.72 bits per heavy atom. The number of aromatic amines is 1. The van der Waals surface area contributed by atoms with Crippen molar-refractivity contribution < 1.29 is 4.79 Å². The zero-order chi connectivity index (χ0) is 17.8. The van der Waals surface area contributed by atoms with Crippen molar-refractivity contribution in [2.45, 2.75) is 26.8 Å². The van der Waals surface area contributed by atoms with Gasteiger partial charge in [0.15, 0.2) is 10.6 Å². The van der Waals surface area contributed by atoms with Crippen LogP contribution in [0.5, 0.6) is 0 Å². The Kier molecular flexibility index (Phi) is 5.65. The van der Waals surface area contributed by atoms with Crippen LogP contribution in [0.25, 0.3) is 11.4 Å². The van der Waals surface area contributed by atoms with Gasteiger partial charge in [-0.25, -0.2) is 0 Å². The molecule has 7 heteroatoms. The number of benzene rings is 1. The van der Waals surface area contributed by atoms with Crippen LogP contribution in [0.3, 0.4) is 0 Å². The first-order valence-electron chi connectivity index (χ1n) is 8.81. The van der Waals surface area contributed by atoms with Gasteiger partial charge in [0, 0.05) is 44.7 Å². The maximum Gasteiger partial charge on any atom is 0.224 e. The van der Waals surface area contributed by atoms with Gasteiger partial charge in [0.2, 0.25) is 5.91 Å². The Morgan fingerprint density at radius 2 is 2.04 bits per heavy atom. The lowest BCUT2D eigenvalue weighted by Crippen LogP contribution is -2.48. The van der Waals surface area contributed by atoms with Gasteiger partial charge in [-0.2, -0.15) is 5.10 Å². The number of carbonyl (C=O) groups is 1. The minimum Gasteiger partial charge on any atom is -0.340 e. The summed E-state index contributed by atoms with van der Waals surface area (Å²) in [6, 6.07) is 8.15. The molecule has 2 aromatic rings. The highest BCUT2D eigenvalue weighted by Gasteiger charge is 2.20. The normalized spacial score (nSPS) is 15.5. The van der Waals surface area contributed by atoms with Crippen LogP contribution in [-0.4, -0.2) is 63.2 Å². The van der Waals surface area contributed by atoms with Crippen molar-refractivity contribution in [2.24, 2.45) is 0 Å². The van der Waals surface area contributed by atoms with E-state index in [1.54, 1.807) is 0 Å². The molecule has 1 aliphatic rings. The molecule has 0 saturated carbocycles. The van der Waals surface area contributed by atoms with Crippen LogP contribution < -0.4 is 0 Å². The number of carbonyl (C=O) groups excluding carboxylic acids is 1. The number of aryl methyl sites for hydroxylation is 1. The topological polar surface area (TPSA) is 57.2 Å². The van der Waals surface area contributed by atoms with Gasteiger partial charge in [-0.05, 0) is 31.8 Å². The average molecular weight is 359 g/mol. The molecular formula is C18H25N5OS. The lowest BCUT2D eigenvalue weighted by atomic mass is 10.1. The van der Waals surface area contributed by atoms with Crippen molar-refractivity contribution in [3.05, 3.63) is 34.6 Å². The summed E-state index contributed by atoms with van der Waals surface area (Å²) in [5.74, 6) is 0.978. The number of H-pyrrole nitrogens is 1. The van der Waals surface area contributed by atoms with Crippen molar-refractivity contribution in [1.29, 1.82) is 0 Å². The van der Waals surface area contributed by atoms with Crippen LogP contribution in [0.4, 0.5) is 0 Å². The molecule has 0 radical (unpaired) electrons. The molecule has 2 heterocycles. The molecule has 0 spiro atoms. The van der Waals surface area contributed by atoms with Crippen LogP contribution in [0, 0.1) is 11.7 Å². The smallest absolute Gasteiger partial charge is 0.224 e. The highest BCUT2D eigenvalue weighted by Crippen LogP contribution is 2.19. The van der Waals surface area contributed by atoms with Crippen molar-refractivity contribution in [2.75, 3.05) is 32.7 Å². The fourth-order valence-electron chi connectivity index (χ4n) is 3.21. The first-order valence-corrected chi connectivity index (χ1v) is 9.21. The van der Waals surface area contributed by atoms with E-state index in [1.807, 2.05) is 21.6 Å². The minimum absolute atomic E-state index is 0.189. The fraction of sp³-hybridized carbons (Fsp3) is 0.500. The van der Waals surface area contributed by atoms with Gasteiger partial charge in [0.05, 0.1) is 0 Å². The number of hydrogen-bond donors (Lipinski definition) is 1. The van der Waals surface area contributed by atoms with E-state index in [0.717, 1.165) is 44.1 Å². The lowest BCUT2D eigenvalue weighted by Gasteiger charge is -2.34. The van der Waals surface area contributed by atoms with Gasteiger partial charge in [0.1, 0.15) is 0 Å². The molecule has 25 heavy (non-hydrogen) atoms. The van der Waals surface area contributed by atoms with Crippen LogP contribution >= 0.6 is 12.2 Å². The second-order valence-corrected chi connectivity index (χ2v) is 6.83. The number of nitrogens with one attached hydrogen (secondary N) is 1. The summed E-state index contributed by atoms with van der Waals surface area (Å²) in [6.07, 6.45) is 0.443. The predicted octanol–water partition coefficient (Wildman–Crippen LogP) is 2.47. The average Bonchev–Trinajstić information content (AvgIpc) is 3.00. The summed E-state index contributed by atoms with van der Waals surface area (Å²) in [7, 11) is 0. The van der Waals surface area contributed by atoms with E-state index in [9.17, 15) is 4.79 Å². The molecule has 0 aliphatic carbocycles. The lowest BCUT2D eigenvalue weighted by molar-refractivity contribution is -0.133. The molecule has 1 saturated heterocycles. The van der Waals surface area contributed by atoms with Crippen molar-refractivity contribution in [3.8, 4) is 11.4 Å². The minimum atomic E-state index is 0.189. The Bertz CT molecular complexity index is 789. The van der Waals surface area contributed by atoms with Crippen molar-refractivity contribution >= 4 is 18.1 Å². The molecule has 1 aromatic heterocycles. The molecule has 0 atom stereocenters. The van der Waals surface area contributed by atoms with Gasteiger partial charge >= 0.3 is 0 Å². The first-order chi connectivity index (χ1) is 12.1. The molecule has 6 nitrogen and oxygen atoms in total. The fourth-order valence-corrected chi connectivity index (χ4v) is 3.43. The van der Waals surface area contributed by atoms with Crippen LogP contribution in [0.2, 0.25) is 0 Å².